The Kier molecular flexibility index (Phi) is 4.25. The molecule has 0 saturated heterocycles. The minimum atomic E-state index is -0.158. The van der Waals surface area contributed by atoms with E-state index in [0.717, 1.165) is 23.5 Å². The highest BCUT2D eigenvalue weighted by atomic mass is 32.1. The van der Waals surface area contributed by atoms with Crippen molar-refractivity contribution in [1.29, 1.82) is 0 Å². The van der Waals surface area contributed by atoms with E-state index in [2.05, 4.69) is 22.8 Å². The first-order chi connectivity index (χ1) is 9.83. The van der Waals surface area contributed by atoms with E-state index >= 15 is 0 Å². The second-order valence-electron chi connectivity index (χ2n) is 4.47. The van der Waals surface area contributed by atoms with Gasteiger partial charge in [-0.05, 0) is 40.6 Å². The van der Waals surface area contributed by atoms with Gasteiger partial charge in [0.25, 0.3) is 0 Å². The molecule has 0 unspecified atom stereocenters. The summed E-state index contributed by atoms with van der Waals surface area (Å²) in [4.78, 5) is 2.29. The lowest BCUT2D eigenvalue weighted by atomic mass is 10.1. The molecule has 0 aliphatic rings. The minimum Gasteiger partial charge on any atom is -0.308 e. The molecule has 0 radical (unpaired) electrons. The van der Waals surface area contributed by atoms with Crippen molar-refractivity contribution in [2.45, 2.75) is 13.1 Å². The average Bonchev–Trinajstić information content (AvgIpc) is 3.13. The van der Waals surface area contributed by atoms with Crippen LogP contribution in [0.3, 0.4) is 0 Å². The van der Waals surface area contributed by atoms with Crippen molar-refractivity contribution in [3.63, 3.8) is 0 Å². The predicted octanol–water partition coefficient (Wildman–Crippen LogP) is 4.91. The first kappa shape index (κ1) is 13.5. The SMILES string of the molecule is Fc1ccc(CNCc2cccs2)cc1-c1cccs1. The van der Waals surface area contributed by atoms with Crippen LogP contribution in [0.2, 0.25) is 0 Å². The lowest BCUT2D eigenvalue weighted by Crippen LogP contribution is -2.11. The molecule has 2 aromatic heterocycles. The Morgan fingerprint density at radius 3 is 2.55 bits per heavy atom. The molecular formula is C16H14FNS2. The molecule has 0 saturated carbocycles. The van der Waals surface area contributed by atoms with E-state index in [1.807, 2.05) is 29.6 Å². The van der Waals surface area contributed by atoms with Crippen molar-refractivity contribution < 1.29 is 4.39 Å². The highest BCUT2D eigenvalue weighted by molar-refractivity contribution is 7.13. The van der Waals surface area contributed by atoms with Crippen molar-refractivity contribution in [2.75, 3.05) is 0 Å². The van der Waals surface area contributed by atoms with Crippen LogP contribution in [0.4, 0.5) is 4.39 Å². The highest BCUT2D eigenvalue weighted by Crippen LogP contribution is 2.28. The van der Waals surface area contributed by atoms with Crippen molar-refractivity contribution in [3.8, 4) is 10.4 Å². The van der Waals surface area contributed by atoms with Gasteiger partial charge in [-0.15, -0.1) is 22.7 Å². The third kappa shape index (κ3) is 3.15. The van der Waals surface area contributed by atoms with Crippen molar-refractivity contribution in [3.05, 3.63) is 69.5 Å². The van der Waals surface area contributed by atoms with E-state index in [0.29, 0.717) is 5.56 Å². The summed E-state index contributed by atoms with van der Waals surface area (Å²) in [6, 6.07) is 13.4. The maximum absolute atomic E-state index is 13.9. The van der Waals surface area contributed by atoms with Crippen molar-refractivity contribution in [2.24, 2.45) is 0 Å². The summed E-state index contributed by atoms with van der Waals surface area (Å²) < 4.78 is 13.9. The zero-order chi connectivity index (χ0) is 13.8. The average molecular weight is 303 g/mol. The van der Waals surface area contributed by atoms with Crippen molar-refractivity contribution in [1.82, 2.24) is 5.32 Å². The molecule has 0 aliphatic heterocycles. The van der Waals surface area contributed by atoms with Crippen molar-refractivity contribution >= 4 is 22.7 Å². The van der Waals surface area contributed by atoms with E-state index in [1.54, 1.807) is 28.7 Å². The first-order valence-electron chi connectivity index (χ1n) is 6.38. The molecule has 1 aromatic carbocycles. The molecule has 1 N–H and O–H groups in total. The van der Waals surface area contributed by atoms with Gasteiger partial charge in [-0.2, -0.15) is 0 Å². The fraction of sp³-hybridized carbons (Fsp3) is 0.125. The smallest absolute Gasteiger partial charge is 0.131 e. The molecule has 1 nitrogen and oxygen atoms in total. The lowest BCUT2D eigenvalue weighted by Gasteiger charge is -2.07. The molecule has 0 amide bonds. The molecule has 0 spiro atoms. The van der Waals surface area contributed by atoms with Gasteiger partial charge < -0.3 is 5.32 Å². The van der Waals surface area contributed by atoms with E-state index in [4.69, 9.17) is 0 Å². The second kappa shape index (κ2) is 6.31. The summed E-state index contributed by atoms with van der Waals surface area (Å²) in [5.74, 6) is -0.158. The molecular weight excluding hydrogens is 289 g/mol. The Morgan fingerprint density at radius 1 is 0.950 bits per heavy atom. The molecule has 3 aromatic rings. The Bertz CT molecular complexity index is 660. The summed E-state index contributed by atoms with van der Waals surface area (Å²) in [5.41, 5.74) is 1.79. The van der Waals surface area contributed by atoms with Crippen LogP contribution in [0.25, 0.3) is 10.4 Å². The Balaban J connectivity index is 1.69. The number of hydrogen-bond donors (Lipinski definition) is 1. The number of hydrogen-bond acceptors (Lipinski definition) is 3. The summed E-state index contributed by atoms with van der Waals surface area (Å²) in [5, 5.41) is 7.43. The normalized spacial score (nSPS) is 10.8. The van der Waals surface area contributed by atoms with Crippen LogP contribution in [0.1, 0.15) is 10.4 Å². The number of benzene rings is 1. The summed E-state index contributed by atoms with van der Waals surface area (Å²) in [6.45, 7) is 1.60. The van der Waals surface area contributed by atoms with E-state index < -0.39 is 0 Å². The first-order valence-corrected chi connectivity index (χ1v) is 8.14. The molecule has 2 heterocycles. The summed E-state index contributed by atoms with van der Waals surface area (Å²) >= 11 is 3.30. The maximum Gasteiger partial charge on any atom is 0.131 e. The van der Waals surface area contributed by atoms with Gasteiger partial charge in [-0.3, -0.25) is 0 Å². The van der Waals surface area contributed by atoms with E-state index in [-0.39, 0.29) is 5.82 Å². The van der Waals surface area contributed by atoms with Gasteiger partial charge in [0.2, 0.25) is 0 Å². The van der Waals surface area contributed by atoms with Gasteiger partial charge in [0, 0.05) is 28.4 Å². The number of halogens is 1. The fourth-order valence-electron chi connectivity index (χ4n) is 2.05. The Labute approximate surface area is 125 Å². The van der Waals surface area contributed by atoms with Crippen LogP contribution >= 0.6 is 22.7 Å². The Hall–Kier alpha value is -1.49. The van der Waals surface area contributed by atoms with Gasteiger partial charge in [0.05, 0.1) is 0 Å². The monoisotopic (exact) mass is 303 g/mol. The number of rotatable bonds is 5. The number of thiophene rings is 2. The van der Waals surface area contributed by atoms with E-state index in [9.17, 15) is 4.39 Å². The molecule has 0 atom stereocenters. The third-order valence-corrected chi connectivity index (χ3v) is 4.81. The zero-order valence-corrected chi connectivity index (χ0v) is 12.4. The number of nitrogens with one attached hydrogen (secondary N) is 1. The Morgan fingerprint density at radius 2 is 1.80 bits per heavy atom. The van der Waals surface area contributed by atoms with Crippen LogP contribution in [0, 0.1) is 5.82 Å². The molecule has 4 heteroatoms. The van der Waals surface area contributed by atoms with Crippen LogP contribution in [-0.4, -0.2) is 0 Å². The molecule has 0 bridgehead atoms. The molecule has 0 fully saturated rings. The fourth-order valence-corrected chi connectivity index (χ4v) is 3.46. The second-order valence-corrected chi connectivity index (χ2v) is 6.45. The maximum atomic E-state index is 13.9. The molecule has 0 aliphatic carbocycles. The molecule has 20 heavy (non-hydrogen) atoms. The van der Waals surface area contributed by atoms with Gasteiger partial charge in [-0.25, -0.2) is 4.39 Å². The van der Waals surface area contributed by atoms with Crippen LogP contribution in [0.15, 0.2) is 53.2 Å². The largest absolute Gasteiger partial charge is 0.308 e. The van der Waals surface area contributed by atoms with Crippen LogP contribution in [-0.2, 0) is 13.1 Å². The van der Waals surface area contributed by atoms with Gasteiger partial charge in [0.1, 0.15) is 5.82 Å². The molecule has 102 valence electrons. The van der Waals surface area contributed by atoms with Gasteiger partial charge in [0.15, 0.2) is 0 Å². The zero-order valence-electron chi connectivity index (χ0n) is 10.8. The van der Waals surface area contributed by atoms with Gasteiger partial charge >= 0.3 is 0 Å². The lowest BCUT2D eigenvalue weighted by molar-refractivity contribution is 0.629. The van der Waals surface area contributed by atoms with Crippen LogP contribution < -0.4 is 5.32 Å². The van der Waals surface area contributed by atoms with Crippen LogP contribution in [0.5, 0.6) is 0 Å². The van der Waals surface area contributed by atoms with E-state index in [1.165, 1.54) is 4.88 Å². The van der Waals surface area contributed by atoms with Gasteiger partial charge in [-0.1, -0.05) is 18.2 Å². The minimum absolute atomic E-state index is 0.158. The quantitative estimate of drug-likeness (QED) is 0.706. The predicted molar refractivity (Wildman–Crippen MR) is 84.6 cm³/mol. The standard InChI is InChI=1S/C16H14FNS2/c17-15-6-5-12(9-14(15)16-4-2-8-20-16)10-18-11-13-3-1-7-19-13/h1-9,18H,10-11H2. The topological polar surface area (TPSA) is 12.0 Å². The molecule has 3 rings (SSSR count). The summed E-state index contributed by atoms with van der Waals surface area (Å²) in [7, 11) is 0. The summed E-state index contributed by atoms with van der Waals surface area (Å²) in [6.07, 6.45) is 0. The highest BCUT2D eigenvalue weighted by Gasteiger charge is 2.07. The third-order valence-electron chi connectivity index (χ3n) is 3.03.